The highest BCUT2D eigenvalue weighted by molar-refractivity contribution is 5.15. The summed E-state index contributed by atoms with van der Waals surface area (Å²) in [6.45, 7) is 9.20. The van der Waals surface area contributed by atoms with Gasteiger partial charge in [-0.25, -0.2) is 0 Å². The summed E-state index contributed by atoms with van der Waals surface area (Å²) in [7, 11) is 0. The zero-order valence-electron chi connectivity index (χ0n) is 10.4. The molecule has 1 aliphatic rings. The second-order valence-corrected chi connectivity index (χ2v) is 5.21. The Bertz CT molecular complexity index is 319. The van der Waals surface area contributed by atoms with Crippen molar-refractivity contribution in [3.05, 3.63) is 35.9 Å². The molecule has 0 spiro atoms. The van der Waals surface area contributed by atoms with Gasteiger partial charge in [-0.2, -0.15) is 0 Å². The highest BCUT2D eigenvalue weighted by atomic mass is 15.2. The molecule has 1 aromatic carbocycles. The summed E-state index contributed by atoms with van der Waals surface area (Å²) in [5.41, 5.74) is 1.74. The lowest BCUT2D eigenvalue weighted by molar-refractivity contribution is 0.0921. The maximum Gasteiger partial charge on any atom is 0.0278 e. The molecule has 2 heteroatoms. The molecular weight excluding hydrogens is 196 g/mol. The summed E-state index contributed by atoms with van der Waals surface area (Å²) in [5, 5.41) is 3.46. The van der Waals surface area contributed by atoms with Crippen molar-refractivity contribution in [3.63, 3.8) is 0 Å². The molecule has 1 heterocycles. The smallest absolute Gasteiger partial charge is 0.0278 e. The predicted octanol–water partition coefficient (Wildman–Crippen LogP) is 1.91. The van der Waals surface area contributed by atoms with Crippen LogP contribution in [-0.4, -0.2) is 36.6 Å². The van der Waals surface area contributed by atoms with Crippen LogP contribution in [0.25, 0.3) is 0 Å². The average molecular weight is 218 g/mol. The molecule has 0 aliphatic carbocycles. The summed E-state index contributed by atoms with van der Waals surface area (Å²) < 4.78 is 0. The minimum absolute atomic E-state index is 0.299. The van der Waals surface area contributed by atoms with Gasteiger partial charge >= 0.3 is 0 Å². The molecular formula is C14H22N2. The van der Waals surface area contributed by atoms with Gasteiger partial charge in [0.2, 0.25) is 0 Å². The fourth-order valence-electron chi connectivity index (χ4n) is 2.35. The van der Waals surface area contributed by atoms with Gasteiger partial charge in [0.25, 0.3) is 0 Å². The second kappa shape index (κ2) is 4.98. The van der Waals surface area contributed by atoms with Crippen molar-refractivity contribution in [1.29, 1.82) is 0 Å². The normalized spacial score (nSPS) is 20.9. The van der Waals surface area contributed by atoms with E-state index in [1.807, 2.05) is 0 Å². The van der Waals surface area contributed by atoms with Crippen LogP contribution in [0.1, 0.15) is 19.4 Å². The fourth-order valence-corrected chi connectivity index (χ4v) is 2.35. The van der Waals surface area contributed by atoms with Crippen molar-refractivity contribution in [2.45, 2.75) is 25.8 Å². The first kappa shape index (κ1) is 11.6. The van der Waals surface area contributed by atoms with Gasteiger partial charge < -0.3 is 5.32 Å². The lowest BCUT2D eigenvalue weighted by atomic mass is 9.99. The van der Waals surface area contributed by atoms with E-state index >= 15 is 0 Å². The van der Waals surface area contributed by atoms with Gasteiger partial charge in [0.05, 0.1) is 0 Å². The van der Waals surface area contributed by atoms with E-state index in [0.717, 1.165) is 19.5 Å². The molecule has 0 bridgehead atoms. The number of piperazine rings is 1. The van der Waals surface area contributed by atoms with Gasteiger partial charge in [-0.15, -0.1) is 0 Å². The maximum atomic E-state index is 3.46. The van der Waals surface area contributed by atoms with E-state index in [2.05, 4.69) is 54.4 Å². The Morgan fingerprint density at radius 2 is 2.00 bits per heavy atom. The number of nitrogens with one attached hydrogen (secondary N) is 1. The molecule has 88 valence electrons. The zero-order valence-corrected chi connectivity index (χ0v) is 10.4. The number of hydrogen-bond acceptors (Lipinski definition) is 2. The molecule has 0 amide bonds. The highest BCUT2D eigenvalue weighted by Gasteiger charge is 2.28. The van der Waals surface area contributed by atoms with Gasteiger partial charge in [-0.05, 0) is 25.8 Å². The Balaban J connectivity index is 1.90. The van der Waals surface area contributed by atoms with E-state index in [1.165, 1.54) is 18.7 Å². The van der Waals surface area contributed by atoms with Crippen LogP contribution in [0.3, 0.4) is 0 Å². The van der Waals surface area contributed by atoms with Crippen molar-refractivity contribution in [3.8, 4) is 0 Å². The second-order valence-electron chi connectivity index (χ2n) is 5.21. The van der Waals surface area contributed by atoms with E-state index in [0.29, 0.717) is 5.54 Å². The monoisotopic (exact) mass is 218 g/mol. The molecule has 0 radical (unpaired) electrons. The summed E-state index contributed by atoms with van der Waals surface area (Å²) >= 11 is 0. The SMILES string of the molecule is CC1(C)CNCCN1CCc1ccccc1. The largest absolute Gasteiger partial charge is 0.314 e. The molecule has 0 saturated carbocycles. The Kier molecular flexibility index (Phi) is 3.62. The van der Waals surface area contributed by atoms with Crippen LogP contribution in [0.15, 0.2) is 30.3 Å². The predicted molar refractivity (Wildman–Crippen MR) is 68.7 cm³/mol. The fraction of sp³-hybridized carbons (Fsp3) is 0.571. The van der Waals surface area contributed by atoms with Crippen molar-refractivity contribution < 1.29 is 0 Å². The minimum atomic E-state index is 0.299. The molecule has 1 saturated heterocycles. The van der Waals surface area contributed by atoms with Crippen molar-refractivity contribution in [1.82, 2.24) is 10.2 Å². The van der Waals surface area contributed by atoms with E-state index in [9.17, 15) is 0 Å². The highest BCUT2D eigenvalue weighted by Crippen LogP contribution is 2.16. The van der Waals surface area contributed by atoms with Crippen LogP contribution in [0.2, 0.25) is 0 Å². The molecule has 16 heavy (non-hydrogen) atoms. The lowest BCUT2D eigenvalue weighted by Gasteiger charge is -2.42. The van der Waals surface area contributed by atoms with Crippen LogP contribution in [0.4, 0.5) is 0 Å². The van der Waals surface area contributed by atoms with E-state index in [1.54, 1.807) is 0 Å². The molecule has 1 fully saturated rings. The number of rotatable bonds is 3. The third kappa shape index (κ3) is 2.83. The molecule has 1 aromatic rings. The van der Waals surface area contributed by atoms with Crippen molar-refractivity contribution in [2.75, 3.05) is 26.2 Å². The van der Waals surface area contributed by atoms with Gasteiger partial charge in [0, 0.05) is 31.7 Å². The lowest BCUT2D eigenvalue weighted by Crippen LogP contribution is -2.58. The molecule has 1 aliphatic heterocycles. The molecule has 0 unspecified atom stereocenters. The third-order valence-corrected chi connectivity index (χ3v) is 3.49. The van der Waals surface area contributed by atoms with Crippen LogP contribution in [0.5, 0.6) is 0 Å². The third-order valence-electron chi connectivity index (χ3n) is 3.49. The number of hydrogen-bond donors (Lipinski definition) is 1. The first-order valence-electron chi connectivity index (χ1n) is 6.18. The van der Waals surface area contributed by atoms with Crippen LogP contribution in [-0.2, 0) is 6.42 Å². The molecule has 2 nitrogen and oxygen atoms in total. The summed E-state index contributed by atoms with van der Waals surface area (Å²) in [6, 6.07) is 10.8. The van der Waals surface area contributed by atoms with E-state index in [-0.39, 0.29) is 0 Å². The van der Waals surface area contributed by atoms with Gasteiger partial charge in [-0.3, -0.25) is 4.90 Å². The quantitative estimate of drug-likeness (QED) is 0.834. The van der Waals surface area contributed by atoms with Gasteiger partial charge in [0.1, 0.15) is 0 Å². The van der Waals surface area contributed by atoms with E-state index < -0.39 is 0 Å². The first-order valence-corrected chi connectivity index (χ1v) is 6.18. The maximum absolute atomic E-state index is 3.46. The standard InChI is InChI=1S/C14H22N2/c1-14(2)12-15-9-11-16(14)10-8-13-6-4-3-5-7-13/h3-7,15H,8-12H2,1-2H3. The molecule has 0 aromatic heterocycles. The zero-order chi connectivity index (χ0) is 11.4. The van der Waals surface area contributed by atoms with Crippen LogP contribution in [0, 0.1) is 0 Å². The van der Waals surface area contributed by atoms with Crippen molar-refractivity contribution in [2.24, 2.45) is 0 Å². The number of nitrogens with zero attached hydrogens (tertiary/aromatic N) is 1. The minimum Gasteiger partial charge on any atom is -0.314 e. The molecule has 2 rings (SSSR count). The van der Waals surface area contributed by atoms with Crippen molar-refractivity contribution >= 4 is 0 Å². The topological polar surface area (TPSA) is 15.3 Å². The van der Waals surface area contributed by atoms with Gasteiger partial charge in [0.15, 0.2) is 0 Å². The molecule has 0 atom stereocenters. The van der Waals surface area contributed by atoms with Gasteiger partial charge in [-0.1, -0.05) is 30.3 Å². The van der Waals surface area contributed by atoms with Crippen LogP contribution < -0.4 is 5.32 Å². The number of benzene rings is 1. The Hall–Kier alpha value is -0.860. The van der Waals surface area contributed by atoms with E-state index in [4.69, 9.17) is 0 Å². The Morgan fingerprint density at radius 3 is 2.69 bits per heavy atom. The first-order chi connectivity index (χ1) is 7.68. The van der Waals surface area contributed by atoms with Crippen LogP contribution >= 0.6 is 0 Å². The molecule has 1 N–H and O–H groups in total. The summed E-state index contributed by atoms with van der Waals surface area (Å²) in [5.74, 6) is 0. The summed E-state index contributed by atoms with van der Waals surface area (Å²) in [6.07, 6.45) is 1.16. The Labute approximate surface area is 98.7 Å². The summed E-state index contributed by atoms with van der Waals surface area (Å²) in [4.78, 5) is 2.59. The Morgan fingerprint density at radius 1 is 1.25 bits per heavy atom. The average Bonchev–Trinajstić information content (AvgIpc) is 2.28.